The molecule has 0 amide bonds. The maximum Gasteiger partial charge on any atom is 0.270 e. The molecule has 2 aromatic carbocycles. The predicted molar refractivity (Wildman–Crippen MR) is 124 cm³/mol. The molecule has 1 aliphatic carbocycles. The second-order valence-electron chi connectivity index (χ2n) is 9.31. The van der Waals surface area contributed by atoms with Crippen LogP contribution in [0.2, 0.25) is 0 Å². The molecule has 1 aliphatic rings. The lowest BCUT2D eigenvalue weighted by Gasteiger charge is -2.36. The highest BCUT2D eigenvalue weighted by atomic mass is 32.2. The molecule has 0 saturated heterocycles. The maximum atomic E-state index is 13.0. The third-order valence-electron chi connectivity index (χ3n) is 6.99. The smallest absolute Gasteiger partial charge is 0.270 e. The number of nitro groups is 1. The van der Waals surface area contributed by atoms with E-state index in [2.05, 4.69) is 25.5 Å². The fraction of sp³-hybridized carbons (Fsp3) is 0.417. The molecule has 0 unspecified atom stereocenters. The fourth-order valence-electron chi connectivity index (χ4n) is 4.50. The Balaban J connectivity index is 1.69. The highest BCUT2D eigenvalue weighted by Crippen LogP contribution is 2.43. The first kappa shape index (κ1) is 22.3. The van der Waals surface area contributed by atoms with Gasteiger partial charge >= 0.3 is 0 Å². The minimum Gasteiger partial charge on any atom is -0.461 e. The molecule has 1 N–H and O–H groups in total. The molecule has 32 heavy (non-hydrogen) atoms. The van der Waals surface area contributed by atoms with Gasteiger partial charge in [-0.2, -0.15) is 0 Å². The number of furan rings is 1. The number of nitrogens with zero attached hydrogens (tertiary/aromatic N) is 1. The summed E-state index contributed by atoms with van der Waals surface area (Å²) < 4.78 is 34.7. The van der Waals surface area contributed by atoms with Gasteiger partial charge in [-0.3, -0.25) is 14.8 Å². The lowest BCUT2D eigenvalue weighted by Crippen LogP contribution is -2.28. The van der Waals surface area contributed by atoms with E-state index in [-0.39, 0.29) is 16.0 Å². The van der Waals surface area contributed by atoms with Crippen LogP contribution < -0.4 is 4.72 Å². The van der Waals surface area contributed by atoms with E-state index in [9.17, 15) is 18.5 Å². The number of hydrogen-bond donors (Lipinski definition) is 1. The minimum atomic E-state index is -4.00. The van der Waals surface area contributed by atoms with Gasteiger partial charge < -0.3 is 4.42 Å². The number of hydrogen-bond acceptors (Lipinski definition) is 5. The Morgan fingerprint density at radius 2 is 1.97 bits per heavy atom. The Morgan fingerprint density at radius 1 is 1.22 bits per heavy atom. The van der Waals surface area contributed by atoms with Crippen molar-refractivity contribution >= 4 is 32.4 Å². The third-order valence-corrected chi connectivity index (χ3v) is 8.51. The van der Waals surface area contributed by atoms with Crippen molar-refractivity contribution in [2.24, 2.45) is 11.3 Å². The Kier molecular flexibility index (Phi) is 5.53. The van der Waals surface area contributed by atoms with E-state index in [4.69, 9.17) is 4.42 Å². The first-order valence-electron chi connectivity index (χ1n) is 10.8. The molecule has 0 aliphatic heterocycles. The van der Waals surface area contributed by atoms with Crippen LogP contribution in [0.1, 0.15) is 50.5 Å². The van der Waals surface area contributed by atoms with E-state index in [1.54, 1.807) is 19.1 Å². The average Bonchev–Trinajstić information content (AvgIpc) is 3.10. The molecule has 0 spiro atoms. The zero-order chi connectivity index (χ0) is 23.3. The highest BCUT2D eigenvalue weighted by molar-refractivity contribution is 7.92. The van der Waals surface area contributed by atoms with Gasteiger partial charge in [0.25, 0.3) is 15.7 Å². The van der Waals surface area contributed by atoms with Crippen LogP contribution in [0.5, 0.6) is 0 Å². The zero-order valence-electron chi connectivity index (χ0n) is 18.8. The average molecular weight is 457 g/mol. The summed E-state index contributed by atoms with van der Waals surface area (Å²) in [5.74, 6) is 1.52. The quantitative estimate of drug-likeness (QED) is 0.362. The van der Waals surface area contributed by atoms with Crippen molar-refractivity contribution in [1.82, 2.24) is 0 Å². The first-order valence-corrected chi connectivity index (χ1v) is 12.3. The van der Waals surface area contributed by atoms with Crippen LogP contribution in [0.3, 0.4) is 0 Å². The van der Waals surface area contributed by atoms with Crippen molar-refractivity contribution in [3.63, 3.8) is 0 Å². The largest absolute Gasteiger partial charge is 0.461 e. The molecule has 1 heterocycles. The summed E-state index contributed by atoms with van der Waals surface area (Å²) in [5.41, 5.74) is 2.71. The van der Waals surface area contributed by atoms with Gasteiger partial charge in [-0.05, 0) is 54.9 Å². The van der Waals surface area contributed by atoms with Crippen LogP contribution in [0.4, 0.5) is 11.4 Å². The topological polar surface area (TPSA) is 102 Å². The Labute approximate surface area is 188 Å². The number of fused-ring (bicyclic) bond motifs is 3. The van der Waals surface area contributed by atoms with E-state index in [0.29, 0.717) is 17.2 Å². The van der Waals surface area contributed by atoms with Gasteiger partial charge in [-0.25, -0.2) is 8.42 Å². The number of non-ortho nitro benzene ring substituents is 1. The standard InChI is InChI=1S/C24H28N2O5S/c1-5-24(3,4)16-7-10-21-19(12-16)20-13-17(8-11-22(20)31-21)25-32(29,30)23-14-18(26(27)28)9-6-15(23)2/h6,8-9,11,13-14,16,25H,5,7,10,12H2,1-4H3/t16-/m1/s1. The Bertz CT molecular complexity index is 1310. The summed E-state index contributed by atoms with van der Waals surface area (Å²) in [6.07, 6.45) is 3.96. The summed E-state index contributed by atoms with van der Waals surface area (Å²) >= 11 is 0. The lowest BCUT2D eigenvalue weighted by molar-refractivity contribution is -0.385. The van der Waals surface area contributed by atoms with E-state index >= 15 is 0 Å². The number of rotatable bonds is 6. The Morgan fingerprint density at radius 3 is 2.66 bits per heavy atom. The van der Waals surface area contributed by atoms with Crippen molar-refractivity contribution in [1.29, 1.82) is 0 Å². The van der Waals surface area contributed by atoms with Gasteiger partial charge in [0.05, 0.1) is 9.82 Å². The molecule has 8 heteroatoms. The van der Waals surface area contributed by atoms with Crippen LogP contribution in [0.25, 0.3) is 11.0 Å². The molecule has 1 aromatic heterocycles. The molecule has 170 valence electrons. The molecule has 1 atom stereocenters. The Hall–Kier alpha value is -2.87. The molecule has 7 nitrogen and oxygen atoms in total. The van der Waals surface area contributed by atoms with Gasteiger partial charge in [-0.1, -0.05) is 33.3 Å². The summed E-state index contributed by atoms with van der Waals surface area (Å²) in [4.78, 5) is 10.4. The van der Waals surface area contributed by atoms with Crippen molar-refractivity contribution < 1.29 is 17.8 Å². The molecule has 0 radical (unpaired) electrons. The summed E-state index contributed by atoms with van der Waals surface area (Å²) in [5, 5.41) is 12.0. The predicted octanol–water partition coefficient (Wildman–Crippen LogP) is 5.99. The number of nitrogens with one attached hydrogen (secondary N) is 1. The number of benzene rings is 2. The van der Waals surface area contributed by atoms with Crippen LogP contribution in [-0.4, -0.2) is 13.3 Å². The van der Waals surface area contributed by atoms with Crippen molar-refractivity contribution in [2.75, 3.05) is 4.72 Å². The van der Waals surface area contributed by atoms with E-state index < -0.39 is 14.9 Å². The fourth-order valence-corrected chi connectivity index (χ4v) is 5.82. The lowest BCUT2D eigenvalue weighted by atomic mass is 9.69. The van der Waals surface area contributed by atoms with Gasteiger partial charge in [0.1, 0.15) is 11.3 Å². The molecular formula is C24H28N2O5S. The first-order chi connectivity index (χ1) is 15.0. The van der Waals surface area contributed by atoms with Crippen molar-refractivity contribution in [3.05, 3.63) is 63.4 Å². The maximum absolute atomic E-state index is 13.0. The molecule has 3 aromatic rings. The number of nitro benzene ring substituents is 1. The van der Waals surface area contributed by atoms with Crippen molar-refractivity contribution in [3.8, 4) is 0 Å². The van der Waals surface area contributed by atoms with Gasteiger partial charge in [0.2, 0.25) is 0 Å². The highest BCUT2D eigenvalue weighted by Gasteiger charge is 2.33. The van der Waals surface area contributed by atoms with E-state index in [1.165, 1.54) is 12.1 Å². The van der Waals surface area contributed by atoms with Crippen LogP contribution in [0.15, 0.2) is 45.7 Å². The molecule has 0 saturated carbocycles. The summed E-state index contributed by atoms with van der Waals surface area (Å²) in [6.45, 7) is 8.42. The minimum absolute atomic E-state index is 0.106. The van der Waals surface area contributed by atoms with Crippen LogP contribution in [-0.2, 0) is 22.9 Å². The molecular weight excluding hydrogens is 428 g/mol. The number of anilines is 1. The molecule has 0 fully saturated rings. The third kappa shape index (κ3) is 3.99. The normalized spacial score (nSPS) is 16.7. The van der Waals surface area contributed by atoms with Crippen LogP contribution >= 0.6 is 0 Å². The molecule has 0 bridgehead atoms. The van der Waals surface area contributed by atoms with Crippen LogP contribution in [0, 0.1) is 28.4 Å². The summed E-state index contributed by atoms with van der Waals surface area (Å²) in [7, 11) is -4.00. The molecule has 4 rings (SSSR count). The second kappa shape index (κ2) is 7.92. The van der Waals surface area contributed by atoms with E-state index in [1.807, 2.05) is 6.07 Å². The van der Waals surface area contributed by atoms with E-state index in [0.717, 1.165) is 54.0 Å². The van der Waals surface area contributed by atoms with Crippen molar-refractivity contribution in [2.45, 2.75) is 58.3 Å². The SMILES string of the molecule is CCC(C)(C)[C@@H]1CCc2oc3ccc(NS(=O)(=O)c4cc([N+](=O)[O-])ccc4C)cc3c2C1. The second-order valence-corrected chi connectivity index (χ2v) is 11.0. The number of sulfonamides is 1. The van der Waals surface area contributed by atoms with Gasteiger partial charge in [-0.15, -0.1) is 0 Å². The monoisotopic (exact) mass is 456 g/mol. The van der Waals surface area contributed by atoms with Gasteiger partial charge in [0.15, 0.2) is 0 Å². The number of aryl methyl sites for hydroxylation is 2. The van der Waals surface area contributed by atoms with Gasteiger partial charge in [0, 0.05) is 35.2 Å². The summed E-state index contributed by atoms with van der Waals surface area (Å²) in [6, 6.07) is 9.08. The zero-order valence-corrected chi connectivity index (χ0v) is 19.6.